The summed E-state index contributed by atoms with van der Waals surface area (Å²) >= 11 is 0. The second kappa shape index (κ2) is 6.19. The molecule has 1 aromatic rings. The molecule has 4 N–H and O–H groups in total. The van der Waals surface area contributed by atoms with Crippen LogP contribution in [0.5, 0.6) is 0 Å². The number of rotatable bonds is 6. The lowest BCUT2D eigenvalue weighted by atomic mass is 10.2. The van der Waals surface area contributed by atoms with E-state index in [1.807, 2.05) is 30.0 Å². The Morgan fingerprint density at radius 2 is 2.31 bits per heavy atom. The molecule has 0 aliphatic carbocycles. The molecule has 1 amide bonds. The number of primary amides is 1. The van der Waals surface area contributed by atoms with Crippen LogP contribution < -0.4 is 11.5 Å². The summed E-state index contributed by atoms with van der Waals surface area (Å²) in [6, 6.07) is 5.13. The van der Waals surface area contributed by atoms with Gasteiger partial charge in [-0.15, -0.1) is 0 Å². The van der Waals surface area contributed by atoms with Crippen molar-refractivity contribution in [2.75, 3.05) is 13.1 Å². The van der Waals surface area contributed by atoms with E-state index >= 15 is 0 Å². The first-order valence-electron chi connectivity index (χ1n) is 5.30. The van der Waals surface area contributed by atoms with E-state index in [4.69, 9.17) is 11.5 Å². The van der Waals surface area contributed by atoms with Crippen molar-refractivity contribution in [1.82, 2.24) is 9.88 Å². The molecule has 0 radical (unpaired) electrons. The molecule has 0 aliphatic rings. The van der Waals surface area contributed by atoms with E-state index in [2.05, 4.69) is 4.98 Å². The van der Waals surface area contributed by atoms with Gasteiger partial charge >= 0.3 is 0 Å². The van der Waals surface area contributed by atoms with E-state index in [9.17, 15) is 4.79 Å². The lowest BCUT2D eigenvalue weighted by molar-refractivity contribution is -0.119. The standard InChI is InChI=1S/C11H18N4O/c1-2-15(8-10(12)11(13)16)7-9-5-3-4-6-14-9/h3-6,10H,2,7-8,12H2,1H3,(H2,13,16). The topological polar surface area (TPSA) is 85.2 Å². The van der Waals surface area contributed by atoms with E-state index in [0.717, 1.165) is 12.2 Å². The fraction of sp³-hybridized carbons (Fsp3) is 0.455. The van der Waals surface area contributed by atoms with Crippen LogP contribution in [0.2, 0.25) is 0 Å². The first-order chi connectivity index (χ1) is 7.63. The SMILES string of the molecule is CCN(Cc1ccccn1)CC(N)C(N)=O. The fourth-order valence-electron chi connectivity index (χ4n) is 1.39. The molecule has 0 fully saturated rings. The Morgan fingerprint density at radius 1 is 1.56 bits per heavy atom. The quantitative estimate of drug-likeness (QED) is 0.693. The normalized spacial score (nSPS) is 12.7. The summed E-state index contributed by atoms with van der Waals surface area (Å²) in [6.07, 6.45) is 1.75. The van der Waals surface area contributed by atoms with Gasteiger partial charge in [0.05, 0.1) is 11.7 Å². The minimum absolute atomic E-state index is 0.461. The number of aromatic nitrogens is 1. The molecular weight excluding hydrogens is 204 g/mol. The van der Waals surface area contributed by atoms with Crippen molar-refractivity contribution in [3.05, 3.63) is 30.1 Å². The van der Waals surface area contributed by atoms with Crippen molar-refractivity contribution < 1.29 is 4.79 Å². The monoisotopic (exact) mass is 222 g/mol. The highest BCUT2D eigenvalue weighted by Gasteiger charge is 2.14. The van der Waals surface area contributed by atoms with Crippen molar-refractivity contribution in [3.8, 4) is 0 Å². The highest BCUT2D eigenvalue weighted by Crippen LogP contribution is 2.01. The molecule has 5 nitrogen and oxygen atoms in total. The number of carbonyl (C=O) groups excluding carboxylic acids is 1. The molecule has 1 heterocycles. The predicted octanol–water partition coefficient (Wildman–Crippen LogP) is -0.284. The van der Waals surface area contributed by atoms with Crippen LogP contribution in [-0.4, -0.2) is 34.9 Å². The Hall–Kier alpha value is -1.46. The molecule has 1 unspecified atom stereocenters. The number of hydrogen-bond donors (Lipinski definition) is 2. The molecule has 0 saturated carbocycles. The van der Waals surface area contributed by atoms with Gasteiger partial charge in [0, 0.05) is 19.3 Å². The molecule has 1 aromatic heterocycles. The summed E-state index contributed by atoms with van der Waals surface area (Å²) in [5.41, 5.74) is 11.7. The third-order valence-electron chi connectivity index (χ3n) is 2.38. The zero-order valence-electron chi connectivity index (χ0n) is 9.47. The van der Waals surface area contributed by atoms with Crippen LogP contribution in [0, 0.1) is 0 Å². The lowest BCUT2D eigenvalue weighted by Crippen LogP contribution is -2.45. The molecule has 0 aliphatic heterocycles. The average Bonchev–Trinajstić information content (AvgIpc) is 2.29. The van der Waals surface area contributed by atoms with Gasteiger partial charge in [0.1, 0.15) is 0 Å². The first kappa shape index (κ1) is 12.6. The van der Waals surface area contributed by atoms with Gasteiger partial charge in [-0.25, -0.2) is 0 Å². The second-order valence-electron chi connectivity index (χ2n) is 3.66. The summed E-state index contributed by atoms with van der Waals surface area (Å²) in [6.45, 7) is 3.95. The zero-order chi connectivity index (χ0) is 12.0. The molecular formula is C11H18N4O. The number of nitrogens with two attached hydrogens (primary N) is 2. The first-order valence-corrected chi connectivity index (χ1v) is 5.30. The van der Waals surface area contributed by atoms with Gasteiger partial charge in [0.25, 0.3) is 0 Å². The van der Waals surface area contributed by atoms with Crippen molar-refractivity contribution >= 4 is 5.91 Å². The van der Waals surface area contributed by atoms with Crippen LogP contribution in [0.4, 0.5) is 0 Å². The number of nitrogens with zero attached hydrogens (tertiary/aromatic N) is 2. The van der Waals surface area contributed by atoms with Crippen LogP contribution in [0.3, 0.4) is 0 Å². The Balaban J connectivity index is 2.53. The summed E-state index contributed by atoms with van der Waals surface area (Å²) in [7, 11) is 0. The number of amides is 1. The maximum Gasteiger partial charge on any atom is 0.235 e. The third-order valence-corrected chi connectivity index (χ3v) is 2.38. The molecule has 88 valence electrons. The summed E-state index contributed by atoms with van der Waals surface area (Å²) < 4.78 is 0. The van der Waals surface area contributed by atoms with Crippen molar-refractivity contribution in [3.63, 3.8) is 0 Å². The van der Waals surface area contributed by atoms with Gasteiger partial charge in [-0.1, -0.05) is 13.0 Å². The van der Waals surface area contributed by atoms with Crippen molar-refractivity contribution in [2.24, 2.45) is 11.5 Å². The number of likely N-dealkylation sites (N-methyl/N-ethyl adjacent to an activating group) is 1. The molecule has 0 bridgehead atoms. The molecule has 1 rings (SSSR count). The van der Waals surface area contributed by atoms with Crippen LogP contribution in [0.25, 0.3) is 0 Å². The Morgan fingerprint density at radius 3 is 2.81 bits per heavy atom. The lowest BCUT2D eigenvalue weighted by Gasteiger charge is -2.22. The van der Waals surface area contributed by atoms with E-state index < -0.39 is 11.9 Å². The van der Waals surface area contributed by atoms with Gasteiger partial charge in [-0.05, 0) is 18.7 Å². The van der Waals surface area contributed by atoms with E-state index in [1.165, 1.54) is 0 Å². The van der Waals surface area contributed by atoms with E-state index in [-0.39, 0.29) is 0 Å². The largest absolute Gasteiger partial charge is 0.368 e. The highest BCUT2D eigenvalue weighted by atomic mass is 16.1. The molecule has 0 saturated heterocycles. The Bertz CT molecular complexity index is 328. The second-order valence-corrected chi connectivity index (χ2v) is 3.66. The average molecular weight is 222 g/mol. The van der Waals surface area contributed by atoms with Crippen LogP contribution in [0.15, 0.2) is 24.4 Å². The van der Waals surface area contributed by atoms with Gasteiger partial charge in [0.15, 0.2) is 0 Å². The van der Waals surface area contributed by atoms with Crippen molar-refractivity contribution in [2.45, 2.75) is 19.5 Å². The maximum absolute atomic E-state index is 10.9. The summed E-state index contributed by atoms with van der Waals surface area (Å²) in [5, 5.41) is 0. The maximum atomic E-state index is 10.9. The highest BCUT2D eigenvalue weighted by molar-refractivity contribution is 5.79. The molecule has 0 spiro atoms. The van der Waals surface area contributed by atoms with Gasteiger partial charge in [-0.2, -0.15) is 0 Å². The number of hydrogen-bond acceptors (Lipinski definition) is 4. The van der Waals surface area contributed by atoms with E-state index in [1.54, 1.807) is 6.20 Å². The molecule has 0 aromatic carbocycles. The smallest absolute Gasteiger partial charge is 0.235 e. The van der Waals surface area contributed by atoms with Crippen molar-refractivity contribution in [1.29, 1.82) is 0 Å². The Kier molecular flexibility index (Phi) is 4.88. The minimum Gasteiger partial charge on any atom is -0.368 e. The minimum atomic E-state index is -0.622. The Labute approximate surface area is 95.4 Å². The van der Waals surface area contributed by atoms with Gasteiger partial charge in [-0.3, -0.25) is 14.7 Å². The summed E-state index contributed by atoms with van der Waals surface area (Å²) in [4.78, 5) is 17.1. The predicted molar refractivity (Wildman–Crippen MR) is 62.4 cm³/mol. The van der Waals surface area contributed by atoms with Gasteiger partial charge < -0.3 is 11.5 Å². The van der Waals surface area contributed by atoms with E-state index in [0.29, 0.717) is 13.1 Å². The van der Waals surface area contributed by atoms with Crippen LogP contribution in [-0.2, 0) is 11.3 Å². The van der Waals surface area contributed by atoms with Crippen LogP contribution >= 0.6 is 0 Å². The molecule has 5 heteroatoms. The number of carbonyl (C=O) groups is 1. The van der Waals surface area contributed by atoms with Gasteiger partial charge in [0.2, 0.25) is 5.91 Å². The fourth-order valence-corrected chi connectivity index (χ4v) is 1.39. The number of pyridine rings is 1. The molecule has 16 heavy (non-hydrogen) atoms. The third kappa shape index (κ3) is 3.96. The van der Waals surface area contributed by atoms with Crippen LogP contribution in [0.1, 0.15) is 12.6 Å². The zero-order valence-corrected chi connectivity index (χ0v) is 9.47. The summed E-state index contributed by atoms with van der Waals surface area (Å²) in [5.74, 6) is -0.473. The molecule has 1 atom stereocenters.